The lowest BCUT2D eigenvalue weighted by Gasteiger charge is -2.06. The summed E-state index contributed by atoms with van der Waals surface area (Å²) in [6.45, 7) is 0. The normalized spacial score (nSPS) is 10.7. The number of methoxy groups -OCH3 is 1. The molecule has 0 aliphatic rings. The number of aromatic hydroxyl groups is 1. The van der Waals surface area contributed by atoms with Gasteiger partial charge >= 0.3 is 0 Å². The van der Waals surface area contributed by atoms with Crippen molar-refractivity contribution < 1.29 is 19.6 Å². The van der Waals surface area contributed by atoms with E-state index in [1.807, 2.05) is 30.3 Å². The van der Waals surface area contributed by atoms with Crippen LogP contribution in [0, 0.1) is 10.1 Å². The Balaban J connectivity index is 1.76. The molecule has 0 fully saturated rings. The predicted molar refractivity (Wildman–Crippen MR) is 116 cm³/mol. The van der Waals surface area contributed by atoms with Crippen LogP contribution in [-0.2, 0) is 0 Å². The van der Waals surface area contributed by atoms with Gasteiger partial charge in [0, 0.05) is 23.3 Å². The van der Waals surface area contributed by atoms with Gasteiger partial charge in [0.05, 0.1) is 22.7 Å². The molecule has 3 aromatic carbocycles. The van der Waals surface area contributed by atoms with Crippen LogP contribution in [-0.4, -0.2) is 29.3 Å². The number of carbonyl (C=O) groups is 1. The first-order chi connectivity index (χ1) is 14.4. The number of benzene rings is 3. The van der Waals surface area contributed by atoms with Gasteiger partial charge in [-0.3, -0.25) is 14.9 Å². The van der Waals surface area contributed by atoms with Crippen molar-refractivity contribution in [3.8, 4) is 22.6 Å². The number of phenols is 1. The summed E-state index contributed by atoms with van der Waals surface area (Å²) in [7, 11) is 1.59. The molecule has 3 aromatic rings. The Labute approximate surface area is 180 Å². The van der Waals surface area contributed by atoms with Crippen LogP contribution in [0.25, 0.3) is 11.1 Å². The summed E-state index contributed by atoms with van der Waals surface area (Å²) < 4.78 is 5.30. The minimum atomic E-state index is -0.592. The maximum absolute atomic E-state index is 12.4. The van der Waals surface area contributed by atoms with Crippen molar-refractivity contribution in [1.82, 2.24) is 5.43 Å². The summed E-state index contributed by atoms with van der Waals surface area (Å²) in [5.74, 6) is 0.0451. The minimum Gasteiger partial charge on any atom is -0.506 e. The molecule has 0 bridgehead atoms. The number of non-ortho nitro benzene ring substituents is 1. The predicted octanol–water partition coefficient (Wildman–Crippen LogP) is 4.50. The zero-order valence-corrected chi connectivity index (χ0v) is 17.3. The molecule has 0 saturated heterocycles. The highest BCUT2D eigenvalue weighted by Crippen LogP contribution is 2.31. The smallest absolute Gasteiger partial charge is 0.271 e. The molecule has 2 N–H and O–H groups in total. The summed E-state index contributed by atoms with van der Waals surface area (Å²) in [4.78, 5) is 22.8. The van der Waals surface area contributed by atoms with Gasteiger partial charge in [-0.25, -0.2) is 5.43 Å². The first-order valence-electron chi connectivity index (χ1n) is 8.64. The van der Waals surface area contributed by atoms with E-state index in [0.29, 0.717) is 5.56 Å². The molecule has 0 unspecified atom stereocenters. The van der Waals surface area contributed by atoms with E-state index >= 15 is 0 Å². The molecule has 8 nitrogen and oxygen atoms in total. The number of nitro groups is 1. The molecule has 0 atom stereocenters. The number of nitrogens with one attached hydrogen (secondary N) is 1. The highest BCUT2D eigenvalue weighted by molar-refractivity contribution is 9.10. The van der Waals surface area contributed by atoms with Gasteiger partial charge in [-0.15, -0.1) is 0 Å². The minimum absolute atomic E-state index is 0.0864. The molecule has 0 aliphatic heterocycles. The topological polar surface area (TPSA) is 114 Å². The molecule has 9 heteroatoms. The number of hydrogen-bond donors (Lipinski definition) is 2. The van der Waals surface area contributed by atoms with Crippen molar-refractivity contribution in [1.29, 1.82) is 0 Å². The van der Waals surface area contributed by atoms with Gasteiger partial charge < -0.3 is 9.84 Å². The van der Waals surface area contributed by atoms with E-state index in [1.165, 1.54) is 6.07 Å². The average molecular weight is 470 g/mol. The largest absolute Gasteiger partial charge is 0.506 e. The van der Waals surface area contributed by atoms with Crippen LogP contribution in [0.15, 0.2) is 70.2 Å². The first-order valence-corrected chi connectivity index (χ1v) is 9.43. The molecule has 0 heterocycles. The molecule has 30 heavy (non-hydrogen) atoms. The van der Waals surface area contributed by atoms with Crippen LogP contribution in [0.4, 0.5) is 5.69 Å². The van der Waals surface area contributed by atoms with Crippen molar-refractivity contribution in [2.24, 2.45) is 5.10 Å². The van der Waals surface area contributed by atoms with Crippen molar-refractivity contribution >= 4 is 33.7 Å². The summed E-state index contributed by atoms with van der Waals surface area (Å²) in [6, 6.07) is 16.7. The molecule has 0 aliphatic carbocycles. The fraction of sp³-hybridized carbons (Fsp3) is 0.0476. The van der Waals surface area contributed by atoms with E-state index in [1.54, 1.807) is 25.3 Å². The average Bonchev–Trinajstić information content (AvgIpc) is 2.76. The number of hydrogen-bond acceptors (Lipinski definition) is 6. The molecule has 3 rings (SSSR count). The van der Waals surface area contributed by atoms with Gasteiger partial charge in [-0.2, -0.15) is 5.10 Å². The van der Waals surface area contributed by atoms with Crippen LogP contribution in [0.1, 0.15) is 15.9 Å². The molecule has 0 saturated carbocycles. The monoisotopic (exact) mass is 469 g/mol. The number of hydrazone groups is 1. The lowest BCUT2D eigenvalue weighted by molar-refractivity contribution is -0.385. The van der Waals surface area contributed by atoms with Crippen molar-refractivity contribution in [3.05, 3.63) is 86.4 Å². The van der Waals surface area contributed by atoms with Crippen molar-refractivity contribution in [2.45, 2.75) is 0 Å². The Bertz CT molecular complexity index is 1130. The summed E-state index contributed by atoms with van der Waals surface area (Å²) in [5.41, 5.74) is 4.36. The summed E-state index contributed by atoms with van der Waals surface area (Å²) in [6.07, 6.45) is 1.14. The fourth-order valence-corrected chi connectivity index (χ4v) is 3.12. The highest BCUT2D eigenvalue weighted by Gasteiger charge is 2.14. The van der Waals surface area contributed by atoms with Crippen LogP contribution < -0.4 is 10.2 Å². The van der Waals surface area contributed by atoms with Gasteiger partial charge in [-0.1, -0.05) is 24.3 Å². The third-order valence-corrected chi connectivity index (χ3v) is 4.81. The Hall–Kier alpha value is -3.72. The zero-order valence-electron chi connectivity index (χ0n) is 15.7. The molecule has 0 aromatic heterocycles. The van der Waals surface area contributed by atoms with Crippen LogP contribution in [0.3, 0.4) is 0 Å². The first kappa shape index (κ1) is 21.0. The molecule has 0 radical (unpaired) electrons. The quantitative estimate of drug-likeness (QED) is 0.313. The Morgan fingerprint density at radius 2 is 1.90 bits per heavy atom. The standard InChI is InChI=1S/C21H16BrN3O5/c1-30-18-7-5-13(6-8-18)14-3-2-4-15(9-14)21(27)24-23-12-16-10-17(25(28)29)11-19(22)20(16)26/h2-12,26H,1H3,(H,24,27)/b23-12+. The number of nitrogens with zero attached hydrogens (tertiary/aromatic N) is 2. The van der Waals surface area contributed by atoms with E-state index in [-0.39, 0.29) is 21.5 Å². The van der Waals surface area contributed by atoms with E-state index in [0.717, 1.165) is 29.2 Å². The summed E-state index contributed by atoms with van der Waals surface area (Å²) in [5, 5.41) is 24.8. The number of halogens is 1. The Morgan fingerprint density at radius 3 is 2.57 bits per heavy atom. The van der Waals surface area contributed by atoms with Crippen LogP contribution in [0.5, 0.6) is 11.5 Å². The molecular formula is C21H16BrN3O5. The maximum atomic E-state index is 12.4. The molecule has 0 spiro atoms. The second-order valence-corrected chi connectivity index (χ2v) is 6.99. The second kappa shape index (κ2) is 9.19. The zero-order chi connectivity index (χ0) is 21.7. The second-order valence-electron chi connectivity index (χ2n) is 6.13. The maximum Gasteiger partial charge on any atom is 0.271 e. The van der Waals surface area contributed by atoms with Gasteiger partial charge in [0.1, 0.15) is 11.5 Å². The third kappa shape index (κ3) is 4.81. The molecule has 152 valence electrons. The van der Waals surface area contributed by atoms with Gasteiger partial charge in [-0.05, 0) is 51.3 Å². The highest BCUT2D eigenvalue weighted by atomic mass is 79.9. The van der Waals surface area contributed by atoms with Gasteiger partial charge in [0.2, 0.25) is 0 Å². The summed E-state index contributed by atoms with van der Waals surface area (Å²) >= 11 is 3.05. The lowest BCUT2D eigenvalue weighted by atomic mass is 10.0. The van der Waals surface area contributed by atoms with Gasteiger partial charge in [0.15, 0.2) is 0 Å². The van der Waals surface area contributed by atoms with Crippen LogP contribution in [0.2, 0.25) is 0 Å². The third-order valence-electron chi connectivity index (χ3n) is 4.21. The number of carbonyl (C=O) groups excluding carboxylic acids is 1. The van der Waals surface area contributed by atoms with E-state index in [9.17, 15) is 20.0 Å². The lowest BCUT2D eigenvalue weighted by Crippen LogP contribution is -2.17. The molecule has 1 amide bonds. The van der Waals surface area contributed by atoms with Crippen LogP contribution >= 0.6 is 15.9 Å². The Kier molecular flexibility index (Phi) is 6.43. The number of nitro benzene ring substituents is 1. The number of phenolic OH excluding ortho intramolecular Hbond substituents is 1. The van der Waals surface area contributed by atoms with E-state index in [2.05, 4.69) is 26.5 Å². The SMILES string of the molecule is COc1ccc(-c2cccc(C(=O)N/N=C/c3cc([N+](=O)[O-])cc(Br)c3O)c2)cc1. The van der Waals surface area contributed by atoms with Crippen molar-refractivity contribution in [2.75, 3.05) is 7.11 Å². The number of ether oxygens (including phenoxy) is 1. The Morgan fingerprint density at radius 1 is 1.17 bits per heavy atom. The molecular weight excluding hydrogens is 454 g/mol. The van der Waals surface area contributed by atoms with E-state index in [4.69, 9.17) is 4.74 Å². The van der Waals surface area contributed by atoms with E-state index < -0.39 is 10.8 Å². The van der Waals surface area contributed by atoms with Crippen molar-refractivity contribution in [3.63, 3.8) is 0 Å². The number of rotatable bonds is 6. The van der Waals surface area contributed by atoms with Gasteiger partial charge in [0.25, 0.3) is 11.6 Å². The number of amides is 1. The fourth-order valence-electron chi connectivity index (χ4n) is 2.66.